The normalized spacial score (nSPS) is 9.22. The van der Waals surface area contributed by atoms with E-state index >= 15 is 0 Å². The van der Waals surface area contributed by atoms with Crippen molar-refractivity contribution in [2.45, 2.75) is 0 Å². The topological polar surface area (TPSA) is 141 Å². The Hall–Kier alpha value is -3.62. The molecule has 0 radical (unpaired) electrons. The summed E-state index contributed by atoms with van der Waals surface area (Å²) in [5.41, 5.74) is -0.0344. The van der Waals surface area contributed by atoms with E-state index in [-0.39, 0.29) is 16.9 Å². The van der Waals surface area contributed by atoms with Crippen LogP contribution >= 0.6 is 0 Å². The molecule has 23 heavy (non-hydrogen) atoms. The molecule has 0 unspecified atom stereocenters. The van der Waals surface area contributed by atoms with Crippen LogP contribution in [-0.4, -0.2) is 27.2 Å². The molecule has 0 saturated heterocycles. The van der Waals surface area contributed by atoms with Crippen molar-refractivity contribution in [2.75, 3.05) is 0 Å². The number of hydrogen-bond acceptors (Lipinski definition) is 6. The maximum absolute atomic E-state index is 10.4. The van der Waals surface area contributed by atoms with Crippen molar-refractivity contribution in [3.8, 4) is 0 Å². The average molecular weight is 318 g/mol. The van der Waals surface area contributed by atoms with Crippen molar-refractivity contribution in [3.05, 3.63) is 79.9 Å². The predicted molar refractivity (Wildman–Crippen MR) is 78.5 cm³/mol. The Morgan fingerprint density at radius 3 is 1.96 bits per heavy atom. The Bertz CT molecular complexity index is 729. The average Bonchev–Trinajstić information content (AvgIpc) is 2.55. The van der Waals surface area contributed by atoms with E-state index in [9.17, 15) is 29.8 Å². The van der Waals surface area contributed by atoms with E-state index in [4.69, 9.17) is 5.11 Å². The first kappa shape index (κ1) is 17.4. The minimum Gasteiger partial charge on any atom is -0.478 e. The lowest BCUT2D eigenvalue weighted by Gasteiger charge is -1.92. The summed E-state index contributed by atoms with van der Waals surface area (Å²) in [5.74, 6) is -1.17. The molecule has 0 aliphatic rings. The summed E-state index contributed by atoms with van der Waals surface area (Å²) in [7, 11) is 0. The summed E-state index contributed by atoms with van der Waals surface area (Å²) >= 11 is 0. The molecule has 9 heteroatoms. The highest BCUT2D eigenvalue weighted by Gasteiger charge is 2.09. The molecule has 0 saturated carbocycles. The number of rotatable bonds is 4. The van der Waals surface area contributed by atoms with Gasteiger partial charge in [0.15, 0.2) is 0 Å². The lowest BCUT2D eigenvalue weighted by Crippen LogP contribution is -1.97. The van der Waals surface area contributed by atoms with Gasteiger partial charge in [-0.2, -0.15) is 0 Å². The molecule has 2 rings (SSSR count). The molecule has 118 valence electrons. The number of carboxylic acids is 1. The Morgan fingerprint density at radius 1 is 0.957 bits per heavy atom. The van der Waals surface area contributed by atoms with E-state index in [1.54, 1.807) is 0 Å². The molecule has 0 aromatic heterocycles. The van der Waals surface area contributed by atoms with Crippen LogP contribution in [0.15, 0.2) is 48.5 Å². The van der Waals surface area contributed by atoms with Gasteiger partial charge in [0.2, 0.25) is 0 Å². The highest BCUT2D eigenvalue weighted by Crippen LogP contribution is 2.12. The number of carboxylic acid groups (broad SMARTS) is 1. The van der Waals surface area contributed by atoms with Crippen LogP contribution in [0.4, 0.5) is 11.4 Å². The highest BCUT2D eigenvalue weighted by atomic mass is 16.6. The Morgan fingerprint density at radius 2 is 1.48 bits per heavy atom. The summed E-state index contributed by atoms with van der Waals surface area (Å²) in [6.07, 6.45) is 0.576. The van der Waals surface area contributed by atoms with E-state index in [1.807, 2.05) is 0 Å². The number of benzene rings is 2. The fourth-order valence-corrected chi connectivity index (χ4v) is 1.46. The lowest BCUT2D eigenvalue weighted by atomic mass is 10.2. The van der Waals surface area contributed by atoms with E-state index in [0.717, 1.165) is 6.07 Å². The number of nitro benzene ring substituents is 2. The smallest absolute Gasteiger partial charge is 0.335 e. The van der Waals surface area contributed by atoms with Crippen LogP contribution in [0.3, 0.4) is 0 Å². The van der Waals surface area contributed by atoms with Crippen molar-refractivity contribution < 1.29 is 24.5 Å². The third-order valence-electron chi connectivity index (χ3n) is 2.52. The number of aromatic carboxylic acids is 1. The first-order valence-corrected chi connectivity index (χ1v) is 6.02. The van der Waals surface area contributed by atoms with Crippen LogP contribution in [-0.2, 0) is 0 Å². The second-order valence-electron chi connectivity index (χ2n) is 4.08. The van der Waals surface area contributed by atoms with Gasteiger partial charge in [0.1, 0.15) is 6.29 Å². The summed E-state index contributed by atoms with van der Waals surface area (Å²) in [5, 5.41) is 28.8. The summed E-state index contributed by atoms with van der Waals surface area (Å²) in [6, 6.07) is 10.5. The van der Waals surface area contributed by atoms with Gasteiger partial charge in [-0.25, -0.2) is 4.79 Å². The van der Waals surface area contributed by atoms with Crippen LogP contribution in [0.1, 0.15) is 20.7 Å². The molecular formula is C14H10N2O7. The van der Waals surface area contributed by atoms with Crippen molar-refractivity contribution in [2.24, 2.45) is 0 Å². The van der Waals surface area contributed by atoms with E-state index in [0.29, 0.717) is 11.8 Å². The molecule has 0 aliphatic heterocycles. The summed E-state index contributed by atoms with van der Waals surface area (Å²) in [4.78, 5) is 39.7. The molecule has 0 aliphatic carbocycles. The quantitative estimate of drug-likeness (QED) is 0.519. The van der Waals surface area contributed by atoms with Gasteiger partial charge in [-0.05, 0) is 6.07 Å². The van der Waals surface area contributed by atoms with Crippen molar-refractivity contribution in [1.82, 2.24) is 0 Å². The van der Waals surface area contributed by atoms with Gasteiger partial charge in [0.25, 0.3) is 11.4 Å². The van der Waals surface area contributed by atoms with Gasteiger partial charge < -0.3 is 5.11 Å². The predicted octanol–water partition coefficient (Wildman–Crippen LogP) is 2.70. The number of nitro groups is 2. The number of nitrogens with zero attached hydrogens (tertiary/aromatic N) is 2. The van der Waals surface area contributed by atoms with Crippen molar-refractivity contribution in [1.29, 1.82) is 0 Å². The van der Waals surface area contributed by atoms with E-state index in [1.165, 1.54) is 42.5 Å². The minimum absolute atomic E-state index is 0.0606. The maximum Gasteiger partial charge on any atom is 0.335 e. The maximum atomic E-state index is 10.4. The molecule has 0 atom stereocenters. The molecule has 0 fully saturated rings. The molecule has 9 nitrogen and oxygen atoms in total. The van der Waals surface area contributed by atoms with Gasteiger partial charge in [-0.15, -0.1) is 0 Å². The fraction of sp³-hybridized carbons (Fsp3) is 0. The van der Waals surface area contributed by atoms with Gasteiger partial charge >= 0.3 is 5.97 Å². The van der Waals surface area contributed by atoms with Crippen LogP contribution in [0.5, 0.6) is 0 Å². The number of carbonyl (C=O) groups excluding carboxylic acids is 1. The second kappa shape index (κ2) is 7.98. The van der Waals surface area contributed by atoms with Crippen molar-refractivity contribution >= 4 is 23.6 Å². The zero-order chi connectivity index (χ0) is 17.4. The zero-order valence-corrected chi connectivity index (χ0v) is 11.5. The largest absolute Gasteiger partial charge is 0.478 e. The van der Waals surface area contributed by atoms with Gasteiger partial charge in [0, 0.05) is 29.8 Å². The van der Waals surface area contributed by atoms with E-state index < -0.39 is 15.8 Å². The number of non-ortho nitro benzene ring substituents is 2. The SMILES string of the molecule is O=C(O)c1cccc([N+](=O)[O-])c1.O=Cc1cccc([N+](=O)[O-])c1. The monoisotopic (exact) mass is 318 g/mol. The van der Waals surface area contributed by atoms with E-state index in [2.05, 4.69) is 0 Å². The number of aldehydes is 1. The molecule has 2 aromatic carbocycles. The Kier molecular flexibility index (Phi) is 6.05. The van der Waals surface area contributed by atoms with Crippen LogP contribution in [0.2, 0.25) is 0 Å². The first-order valence-electron chi connectivity index (χ1n) is 6.02. The molecule has 1 N–H and O–H groups in total. The van der Waals surface area contributed by atoms with Gasteiger partial charge in [-0.1, -0.05) is 18.2 Å². The molecule has 0 bridgehead atoms. The van der Waals surface area contributed by atoms with Gasteiger partial charge in [0.05, 0.1) is 15.4 Å². The lowest BCUT2D eigenvalue weighted by molar-refractivity contribution is -0.385. The summed E-state index contributed by atoms with van der Waals surface area (Å²) in [6.45, 7) is 0. The number of carbonyl (C=O) groups is 2. The Labute approximate surface area is 129 Å². The third-order valence-corrected chi connectivity index (χ3v) is 2.52. The molecule has 0 amide bonds. The second-order valence-corrected chi connectivity index (χ2v) is 4.08. The minimum atomic E-state index is -1.17. The first-order chi connectivity index (χ1) is 10.8. The zero-order valence-electron chi connectivity index (χ0n) is 11.5. The van der Waals surface area contributed by atoms with Crippen LogP contribution < -0.4 is 0 Å². The third kappa shape index (κ3) is 5.34. The molecule has 0 spiro atoms. The highest BCUT2D eigenvalue weighted by molar-refractivity contribution is 5.88. The number of hydrogen-bond donors (Lipinski definition) is 1. The Balaban J connectivity index is 0.000000231. The van der Waals surface area contributed by atoms with Crippen molar-refractivity contribution in [3.63, 3.8) is 0 Å². The molecule has 2 aromatic rings. The molecular weight excluding hydrogens is 308 g/mol. The van der Waals surface area contributed by atoms with Crippen LogP contribution in [0, 0.1) is 20.2 Å². The molecule has 0 heterocycles. The fourth-order valence-electron chi connectivity index (χ4n) is 1.46. The van der Waals surface area contributed by atoms with Crippen LogP contribution in [0.25, 0.3) is 0 Å². The van der Waals surface area contributed by atoms with Gasteiger partial charge in [-0.3, -0.25) is 25.0 Å². The summed E-state index contributed by atoms with van der Waals surface area (Å²) < 4.78 is 0. The standard InChI is InChI=1S/C7H5NO4.C7H5NO3/c9-7(10)5-2-1-3-6(4-5)8(11)12;9-5-6-2-1-3-7(4-6)8(10)11/h1-4H,(H,9,10);1-5H.